The van der Waals surface area contributed by atoms with Gasteiger partial charge in [-0.25, -0.2) is 0 Å². The van der Waals surface area contributed by atoms with E-state index in [9.17, 15) is 0 Å². The minimum absolute atomic E-state index is 0.445. The lowest BCUT2D eigenvalue weighted by atomic mass is 9.68. The molecule has 0 bridgehead atoms. The topological polar surface area (TPSA) is 16.4 Å². The molecule has 0 radical (unpaired) electrons. The molecular weight excluding hydrogens is 667 g/mol. The van der Waals surface area contributed by atoms with Gasteiger partial charge in [-0.2, -0.15) is 0 Å². The SMILES string of the molecule is c1ccc(-c2cc3oc4cc(N(c5ccccc5)c5ccc(C6(c7ccccc7)c7ccccc7-c7ccccc76)cc5)ccc4c3c3ccccc23)cc1. The highest BCUT2D eigenvalue weighted by molar-refractivity contribution is 6.22. The maximum Gasteiger partial charge on any atom is 0.137 e. The van der Waals surface area contributed by atoms with E-state index in [2.05, 4.69) is 217 Å². The Morgan fingerprint density at radius 2 is 0.873 bits per heavy atom. The van der Waals surface area contributed by atoms with Crippen molar-refractivity contribution in [2.75, 3.05) is 4.90 Å². The van der Waals surface area contributed by atoms with Crippen LogP contribution in [0.5, 0.6) is 0 Å². The second-order valence-corrected chi connectivity index (χ2v) is 14.4. The van der Waals surface area contributed by atoms with Crippen LogP contribution in [0, 0.1) is 0 Å². The molecular formula is C53H35NO. The van der Waals surface area contributed by atoms with Crippen molar-refractivity contribution in [3.8, 4) is 22.3 Å². The molecule has 0 amide bonds. The van der Waals surface area contributed by atoms with Gasteiger partial charge in [-0.15, -0.1) is 0 Å². The van der Waals surface area contributed by atoms with Crippen molar-refractivity contribution in [1.29, 1.82) is 0 Å². The van der Waals surface area contributed by atoms with Crippen molar-refractivity contribution in [2.24, 2.45) is 0 Å². The van der Waals surface area contributed by atoms with Gasteiger partial charge in [-0.05, 0) is 97.7 Å². The first kappa shape index (κ1) is 31.4. The van der Waals surface area contributed by atoms with Gasteiger partial charge >= 0.3 is 0 Å². The number of nitrogens with zero attached hydrogens (tertiary/aromatic N) is 1. The van der Waals surface area contributed by atoms with Crippen molar-refractivity contribution in [2.45, 2.75) is 5.41 Å². The first-order chi connectivity index (χ1) is 27.3. The van der Waals surface area contributed by atoms with E-state index in [1.165, 1.54) is 55.3 Å². The minimum atomic E-state index is -0.445. The fraction of sp³-hybridized carbons (Fsp3) is 0.0189. The molecule has 1 aliphatic rings. The lowest BCUT2D eigenvalue weighted by molar-refractivity contribution is 0.669. The first-order valence-corrected chi connectivity index (χ1v) is 18.9. The molecule has 11 rings (SSSR count). The average Bonchev–Trinajstić information content (AvgIpc) is 3.78. The Hall–Kier alpha value is -7.16. The van der Waals surface area contributed by atoms with Gasteiger partial charge in [0.2, 0.25) is 0 Å². The van der Waals surface area contributed by atoms with E-state index in [0.717, 1.165) is 39.0 Å². The second kappa shape index (κ2) is 12.5. The standard InChI is InChI=1S/C53H35NO/c1-4-16-36(17-5-1)47-35-51-52(45-25-11-10-22-42(45)47)46-33-32-41(34-50(46)55-51)54(39-20-8-3-9-21-39)40-30-28-38(29-31-40)53(37-18-6-2-7-19-37)48-26-14-12-23-43(48)44-24-13-15-27-49(44)53/h1-35H. The van der Waals surface area contributed by atoms with E-state index in [1.54, 1.807) is 0 Å². The number of benzene rings is 9. The Morgan fingerprint density at radius 3 is 1.56 bits per heavy atom. The number of anilines is 3. The Balaban J connectivity index is 1.08. The van der Waals surface area contributed by atoms with E-state index in [1.807, 2.05) is 0 Å². The maximum atomic E-state index is 6.77. The van der Waals surface area contributed by atoms with Gasteiger partial charge in [0.25, 0.3) is 0 Å². The summed E-state index contributed by atoms with van der Waals surface area (Å²) in [6.07, 6.45) is 0. The fourth-order valence-corrected chi connectivity index (χ4v) is 9.22. The van der Waals surface area contributed by atoms with Crippen LogP contribution in [0.2, 0.25) is 0 Å². The van der Waals surface area contributed by atoms with Gasteiger partial charge in [0, 0.05) is 33.9 Å². The molecule has 9 aromatic carbocycles. The molecule has 0 aliphatic heterocycles. The molecule has 1 aliphatic carbocycles. The summed E-state index contributed by atoms with van der Waals surface area (Å²) < 4.78 is 6.77. The number of hydrogen-bond donors (Lipinski definition) is 0. The lowest BCUT2D eigenvalue weighted by Crippen LogP contribution is -2.28. The summed E-state index contributed by atoms with van der Waals surface area (Å²) in [6.45, 7) is 0. The third kappa shape index (κ3) is 4.75. The summed E-state index contributed by atoms with van der Waals surface area (Å²) in [5.41, 5.74) is 14.6. The molecule has 1 aromatic heterocycles. The van der Waals surface area contributed by atoms with E-state index in [-0.39, 0.29) is 0 Å². The van der Waals surface area contributed by atoms with Crippen LogP contribution in [-0.4, -0.2) is 0 Å². The highest BCUT2D eigenvalue weighted by Crippen LogP contribution is 2.56. The number of fused-ring (bicyclic) bond motifs is 8. The summed E-state index contributed by atoms with van der Waals surface area (Å²) in [6, 6.07) is 76.7. The molecule has 0 spiro atoms. The van der Waals surface area contributed by atoms with E-state index in [4.69, 9.17) is 4.42 Å². The van der Waals surface area contributed by atoms with Crippen LogP contribution in [0.25, 0.3) is 55.0 Å². The molecule has 258 valence electrons. The number of rotatable bonds is 6. The Morgan fingerprint density at radius 1 is 0.345 bits per heavy atom. The summed E-state index contributed by atoms with van der Waals surface area (Å²) in [5.74, 6) is 0. The third-order valence-electron chi connectivity index (χ3n) is 11.5. The maximum absolute atomic E-state index is 6.77. The second-order valence-electron chi connectivity index (χ2n) is 14.4. The molecule has 55 heavy (non-hydrogen) atoms. The largest absolute Gasteiger partial charge is 0.456 e. The average molecular weight is 702 g/mol. The Kier molecular flexibility index (Phi) is 7.11. The van der Waals surface area contributed by atoms with E-state index >= 15 is 0 Å². The van der Waals surface area contributed by atoms with Crippen molar-refractivity contribution in [1.82, 2.24) is 0 Å². The van der Waals surface area contributed by atoms with Crippen molar-refractivity contribution in [3.63, 3.8) is 0 Å². The van der Waals surface area contributed by atoms with Crippen molar-refractivity contribution >= 4 is 49.8 Å². The zero-order valence-electron chi connectivity index (χ0n) is 30.1. The van der Waals surface area contributed by atoms with Gasteiger partial charge in [0.05, 0.1) is 5.41 Å². The van der Waals surface area contributed by atoms with E-state index in [0.29, 0.717) is 0 Å². The van der Waals surface area contributed by atoms with Crippen LogP contribution in [0.1, 0.15) is 22.3 Å². The Bertz CT molecular complexity index is 2970. The summed E-state index contributed by atoms with van der Waals surface area (Å²) in [7, 11) is 0. The smallest absolute Gasteiger partial charge is 0.137 e. The Labute approximate surface area is 320 Å². The first-order valence-electron chi connectivity index (χ1n) is 18.9. The molecule has 0 N–H and O–H groups in total. The molecule has 0 unspecified atom stereocenters. The summed E-state index contributed by atoms with van der Waals surface area (Å²) >= 11 is 0. The summed E-state index contributed by atoms with van der Waals surface area (Å²) in [5, 5.41) is 4.68. The van der Waals surface area contributed by atoms with Crippen molar-refractivity contribution < 1.29 is 4.42 Å². The third-order valence-corrected chi connectivity index (χ3v) is 11.5. The minimum Gasteiger partial charge on any atom is -0.456 e. The molecule has 0 atom stereocenters. The van der Waals surface area contributed by atoms with Crippen LogP contribution >= 0.6 is 0 Å². The molecule has 1 heterocycles. The predicted molar refractivity (Wildman–Crippen MR) is 229 cm³/mol. The molecule has 0 fully saturated rings. The predicted octanol–water partition coefficient (Wildman–Crippen LogP) is 14.2. The van der Waals surface area contributed by atoms with Gasteiger partial charge in [0.1, 0.15) is 11.2 Å². The van der Waals surface area contributed by atoms with E-state index < -0.39 is 5.41 Å². The van der Waals surface area contributed by atoms with Gasteiger partial charge in [-0.3, -0.25) is 0 Å². The monoisotopic (exact) mass is 701 g/mol. The summed E-state index contributed by atoms with van der Waals surface area (Å²) in [4.78, 5) is 2.33. The van der Waals surface area contributed by atoms with Crippen LogP contribution in [0.15, 0.2) is 217 Å². The fourth-order valence-electron chi connectivity index (χ4n) is 9.22. The van der Waals surface area contributed by atoms with Gasteiger partial charge < -0.3 is 9.32 Å². The number of hydrogen-bond acceptors (Lipinski definition) is 2. The lowest BCUT2D eigenvalue weighted by Gasteiger charge is -2.34. The number of furan rings is 1. The molecule has 10 aromatic rings. The highest BCUT2D eigenvalue weighted by Gasteiger charge is 2.45. The van der Waals surface area contributed by atoms with Crippen LogP contribution in [-0.2, 0) is 5.41 Å². The van der Waals surface area contributed by atoms with Crippen LogP contribution in [0.4, 0.5) is 17.1 Å². The van der Waals surface area contributed by atoms with Crippen molar-refractivity contribution in [3.05, 3.63) is 235 Å². The van der Waals surface area contributed by atoms with Crippen LogP contribution in [0.3, 0.4) is 0 Å². The molecule has 2 heteroatoms. The zero-order valence-corrected chi connectivity index (χ0v) is 30.1. The molecule has 0 saturated carbocycles. The molecule has 2 nitrogen and oxygen atoms in total. The highest BCUT2D eigenvalue weighted by atomic mass is 16.3. The molecule has 0 saturated heterocycles. The van der Waals surface area contributed by atoms with Gasteiger partial charge in [-0.1, -0.05) is 164 Å². The zero-order chi connectivity index (χ0) is 36.3. The van der Waals surface area contributed by atoms with Crippen LogP contribution < -0.4 is 4.90 Å². The quantitative estimate of drug-likeness (QED) is 0.172. The normalized spacial score (nSPS) is 12.9. The number of para-hydroxylation sites is 1. The van der Waals surface area contributed by atoms with Gasteiger partial charge in [0.15, 0.2) is 0 Å².